The summed E-state index contributed by atoms with van der Waals surface area (Å²) in [6.45, 7) is 2.39. The van der Waals surface area contributed by atoms with E-state index in [1.807, 2.05) is 31.2 Å². The van der Waals surface area contributed by atoms with Crippen molar-refractivity contribution in [2.75, 3.05) is 17.7 Å². The first-order chi connectivity index (χ1) is 9.61. The largest absolute Gasteiger partial charge is 0.483 e. The molecule has 2 aromatic rings. The van der Waals surface area contributed by atoms with Crippen LogP contribution in [0.1, 0.15) is 5.56 Å². The van der Waals surface area contributed by atoms with Gasteiger partial charge in [0.2, 0.25) is 0 Å². The van der Waals surface area contributed by atoms with Gasteiger partial charge in [0, 0.05) is 22.5 Å². The maximum Gasteiger partial charge on any atom is 0.147 e. The molecule has 1 aliphatic rings. The molecule has 2 aromatic carbocycles. The zero-order valence-corrected chi connectivity index (χ0v) is 11.7. The highest BCUT2D eigenvalue weighted by Crippen LogP contribution is 2.32. The van der Waals surface area contributed by atoms with Crippen LogP contribution >= 0.6 is 11.6 Å². The summed E-state index contributed by atoms with van der Waals surface area (Å²) in [7, 11) is 0. The maximum atomic E-state index is 6.01. The fourth-order valence-electron chi connectivity index (χ4n) is 2.01. The molecule has 0 radical (unpaired) electrons. The van der Waals surface area contributed by atoms with Gasteiger partial charge in [-0.25, -0.2) is 4.99 Å². The third kappa shape index (κ3) is 2.56. The average Bonchev–Trinajstić information content (AvgIpc) is 2.43. The number of nitrogens with zero attached hydrogens (tertiary/aromatic N) is 1. The molecule has 0 aromatic heterocycles. The molecular weight excluding hydrogens is 274 g/mol. The highest BCUT2D eigenvalue weighted by Gasteiger charge is 2.14. The van der Waals surface area contributed by atoms with Gasteiger partial charge >= 0.3 is 0 Å². The molecule has 1 heterocycles. The number of amidine groups is 1. The maximum absolute atomic E-state index is 6.01. The van der Waals surface area contributed by atoms with Crippen LogP contribution in [0.2, 0.25) is 5.02 Å². The number of benzene rings is 2. The number of ether oxygens (including phenoxy) is 1. The van der Waals surface area contributed by atoms with E-state index in [0.29, 0.717) is 23.1 Å². The summed E-state index contributed by atoms with van der Waals surface area (Å²) in [5.74, 6) is 1.45. The molecule has 0 saturated carbocycles. The molecule has 4 nitrogen and oxygen atoms in total. The Morgan fingerprint density at radius 2 is 2.10 bits per heavy atom. The summed E-state index contributed by atoms with van der Waals surface area (Å²) in [6, 6.07) is 11.1. The van der Waals surface area contributed by atoms with Crippen molar-refractivity contribution in [2.24, 2.45) is 4.99 Å². The van der Waals surface area contributed by atoms with Crippen LogP contribution in [-0.4, -0.2) is 12.4 Å². The van der Waals surface area contributed by atoms with Crippen molar-refractivity contribution in [1.82, 2.24) is 0 Å². The Kier molecular flexibility index (Phi) is 3.24. The molecule has 3 N–H and O–H groups in total. The van der Waals surface area contributed by atoms with E-state index in [9.17, 15) is 0 Å². The van der Waals surface area contributed by atoms with Crippen LogP contribution in [0.4, 0.5) is 17.1 Å². The molecule has 102 valence electrons. The fourth-order valence-corrected chi connectivity index (χ4v) is 2.18. The summed E-state index contributed by atoms with van der Waals surface area (Å²) < 4.78 is 5.65. The zero-order chi connectivity index (χ0) is 14.1. The first-order valence-electron chi connectivity index (χ1n) is 6.25. The molecule has 1 aliphatic heterocycles. The van der Waals surface area contributed by atoms with Crippen molar-refractivity contribution in [1.29, 1.82) is 0 Å². The lowest BCUT2D eigenvalue weighted by molar-refractivity contribution is 0.372. The Morgan fingerprint density at radius 1 is 1.25 bits per heavy atom. The van der Waals surface area contributed by atoms with Gasteiger partial charge in [-0.1, -0.05) is 17.7 Å². The molecular formula is C15H14ClN3O. The monoisotopic (exact) mass is 287 g/mol. The number of halogens is 1. The highest BCUT2D eigenvalue weighted by molar-refractivity contribution is 6.31. The zero-order valence-electron chi connectivity index (χ0n) is 11.0. The molecule has 0 amide bonds. The Bertz CT molecular complexity index is 698. The van der Waals surface area contributed by atoms with Crippen molar-refractivity contribution >= 4 is 34.5 Å². The van der Waals surface area contributed by atoms with Gasteiger partial charge in [0.25, 0.3) is 0 Å². The number of fused-ring (bicyclic) bond motifs is 1. The van der Waals surface area contributed by atoms with E-state index in [1.54, 1.807) is 12.1 Å². The Balaban J connectivity index is 1.89. The van der Waals surface area contributed by atoms with E-state index < -0.39 is 0 Å². The Hall–Kier alpha value is -2.20. The minimum absolute atomic E-state index is 0.377. The van der Waals surface area contributed by atoms with Crippen LogP contribution in [0, 0.1) is 6.92 Å². The standard InChI is InChI=1S/C15H14ClN3O/c1-9-2-3-10(16)6-13(9)19-15-8-20-14-7-11(17)4-5-12(14)18-15/h2-7H,8,17H2,1H3,(H,18,19). The van der Waals surface area contributed by atoms with Crippen molar-refractivity contribution in [3.05, 3.63) is 47.0 Å². The molecule has 5 heteroatoms. The third-order valence-corrected chi connectivity index (χ3v) is 3.32. The van der Waals surface area contributed by atoms with Crippen molar-refractivity contribution < 1.29 is 4.74 Å². The normalized spacial score (nSPS) is 13.2. The van der Waals surface area contributed by atoms with Crippen LogP contribution < -0.4 is 15.8 Å². The van der Waals surface area contributed by atoms with Crippen molar-refractivity contribution in [3.8, 4) is 5.75 Å². The van der Waals surface area contributed by atoms with E-state index in [0.717, 1.165) is 22.8 Å². The van der Waals surface area contributed by atoms with Gasteiger partial charge < -0.3 is 15.8 Å². The van der Waals surface area contributed by atoms with Gasteiger partial charge in [0.15, 0.2) is 0 Å². The summed E-state index contributed by atoms with van der Waals surface area (Å²) in [6.07, 6.45) is 0. The van der Waals surface area contributed by atoms with Gasteiger partial charge in [-0.2, -0.15) is 0 Å². The number of nitrogens with two attached hydrogens (primary N) is 1. The summed E-state index contributed by atoms with van der Waals surface area (Å²) in [4.78, 5) is 4.53. The second-order valence-corrected chi connectivity index (χ2v) is 5.10. The number of rotatable bonds is 1. The van der Waals surface area contributed by atoms with Crippen LogP contribution in [-0.2, 0) is 0 Å². The Labute approximate surface area is 122 Å². The van der Waals surface area contributed by atoms with E-state index >= 15 is 0 Å². The molecule has 0 fully saturated rings. The van der Waals surface area contributed by atoms with E-state index in [2.05, 4.69) is 10.3 Å². The van der Waals surface area contributed by atoms with Crippen LogP contribution in [0.5, 0.6) is 5.75 Å². The molecule has 0 unspecified atom stereocenters. The SMILES string of the molecule is Cc1ccc(Cl)cc1NC1=Nc2ccc(N)cc2OC1. The number of anilines is 2. The lowest BCUT2D eigenvalue weighted by Gasteiger charge is -2.19. The lowest BCUT2D eigenvalue weighted by atomic mass is 10.2. The van der Waals surface area contributed by atoms with Crippen molar-refractivity contribution in [3.63, 3.8) is 0 Å². The minimum atomic E-state index is 0.377. The molecule has 0 saturated heterocycles. The van der Waals surface area contributed by atoms with E-state index in [4.69, 9.17) is 22.1 Å². The molecule has 0 spiro atoms. The summed E-state index contributed by atoms with van der Waals surface area (Å²) >= 11 is 6.01. The summed E-state index contributed by atoms with van der Waals surface area (Å²) in [5, 5.41) is 3.94. The van der Waals surface area contributed by atoms with E-state index in [-0.39, 0.29) is 0 Å². The topological polar surface area (TPSA) is 59.6 Å². The molecule has 3 rings (SSSR count). The van der Waals surface area contributed by atoms with Crippen LogP contribution in [0.25, 0.3) is 0 Å². The molecule has 0 bridgehead atoms. The number of hydrogen-bond acceptors (Lipinski definition) is 4. The Morgan fingerprint density at radius 3 is 2.95 bits per heavy atom. The smallest absolute Gasteiger partial charge is 0.147 e. The second kappa shape index (κ2) is 5.06. The first kappa shape index (κ1) is 12.8. The predicted molar refractivity (Wildman–Crippen MR) is 83.3 cm³/mol. The quantitative estimate of drug-likeness (QED) is 0.785. The van der Waals surface area contributed by atoms with Gasteiger partial charge in [0.1, 0.15) is 23.9 Å². The fraction of sp³-hybridized carbons (Fsp3) is 0.133. The van der Waals surface area contributed by atoms with Crippen molar-refractivity contribution in [2.45, 2.75) is 6.92 Å². The molecule has 0 atom stereocenters. The summed E-state index contributed by atoms with van der Waals surface area (Å²) in [5.41, 5.74) is 9.18. The molecule has 0 aliphatic carbocycles. The lowest BCUT2D eigenvalue weighted by Crippen LogP contribution is -2.23. The van der Waals surface area contributed by atoms with Crippen LogP contribution in [0.3, 0.4) is 0 Å². The van der Waals surface area contributed by atoms with E-state index in [1.165, 1.54) is 0 Å². The van der Waals surface area contributed by atoms with Gasteiger partial charge in [-0.05, 0) is 36.8 Å². The second-order valence-electron chi connectivity index (χ2n) is 4.66. The number of hydrogen-bond donors (Lipinski definition) is 2. The van der Waals surface area contributed by atoms with Crippen LogP contribution in [0.15, 0.2) is 41.4 Å². The average molecular weight is 288 g/mol. The van der Waals surface area contributed by atoms with Gasteiger partial charge in [-0.3, -0.25) is 0 Å². The number of aryl methyl sites for hydroxylation is 1. The minimum Gasteiger partial charge on any atom is -0.483 e. The number of aliphatic imine (C=N–C) groups is 1. The first-order valence-corrected chi connectivity index (χ1v) is 6.63. The number of nitrogens with one attached hydrogen (secondary N) is 1. The highest BCUT2D eigenvalue weighted by atomic mass is 35.5. The molecule has 20 heavy (non-hydrogen) atoms. The number of nitrogen functional groups attached to an aromatic ring is 1. The predicted octanol–water partition coefficient (Wildman–Crippen LogP) is 3.77. The third-order valence-electron chi connectivity index (χ3n) is 3.08. The van der Waals surface area contributed by atoms with Gasteiger partial charge in [-0.15, -0.1) is 0 Å². The van der Waals surface area contributed by atoms with Gasteiger partial charge in [0.05, 0.1) is 0 Å².